The van der Waals surface area contributed by atoms with E-state index in [9.17, 15) is 9.90 Å². The van der Waals surface area contributed by atoms with Gasteiger partial charge in [0.05, 0.1) is 32.1 Å². The number of nitrogens with one attached hydrogen (secondary N) is 1. The first-order valence-electron chi connectivity index (χ1n) is 7.50. The number of aliphatic hydroxyl groups is 1. The van der Waals surface area contributed by atoms with Crippen LogP contribution in [0, 0.1) is 0 Å². The lowest BCUT2D eigenvalue weighted by Gasteiger charge is -2.33. The Bertz CT molecular complexity index is 513. The molecule has 1 unspecified atom stereocenters. The van der Waals surface area contributed by atoms with E-state index in [-0.39, 0.29) is 18.1 Å². The van der Waals surface area contributed by atoms with Crippen LogP contribution in [0.5, 0.6) is 11.5 Å². The number of hydrogen-bond acceptors (Lipinski definition) is 5. The van der Waals surface area contributed by atoms with Crippen molar-refractivity contribution >= 4 is 11.6 Å². The number of carbonyl (C=O) groups excluding carboxylic acids is 1. The molecular formula is C16H24N2O4. The van der Waals surface area contributed by atoms with E-state index in [2.05, 4.69) is 10.2 Å². The minimum Gasteiger partial charge on any atom is -0.497 e. The Morgan fingerprint density at radius 3 is 2.59 bits per heavy atom. The summed E-state index contributed by atoms with van der Waals surface area (Å²) in [4.78, 5) is 14.5. The predicted molar refractivity (Wildman–Crippen MR) is 84.5 cm³/mol. The van der Waals surface area contributed by atoms with Crippen LogP contribution < -0.4 is 14.8 Å². The van der Waals surface area contributed by atoms with Crippen molar-refractivity contribution in [3.63, 3.8) is 0 Å². The summed E-state index contributed by atoms with van der Waals surface area (Å²) in [6, 6.07) is 5.02. The molecule has 6 heteroatoms. The molecule has 1 heterocycles. The minimum absolute atomic E-state index is 0.0945. The molecule has 0 aromatic heterocycles. The molecule has 1 fully saturated rings. The number of anilines is 1. The monoisotopic (exact) mass is 308 g/mol. The zero-order valence-corrected chi connectivity index (χ0v) is 13.3. The van der Waals surface area contributed by atoms with Crippen molar-refractivity contribution in [2.24, 2.45) is 0 Å². The second-order valence-electron chi connectivity index (χ2n) is 5.50. The van der Waals surface area contributed by atoms with E-state index in [0.29, 0.717) is 30.0 Å². The Kier molecular flexibility index (Phi) is 5.63. The highest BCUT2D eigenvalue weighted by Gasteiger charge is 2.26. The number of ether oxygens (including phenoxy) is 2. The van der Waals surface area contributed by atoms with E-state index in [1.165, 1.54) is 0 Å². The van der Waals surface area contributed by atoms with Gasteiger partial charge in [-0.2, -0.15) is 0 Å². The van der Waals surface area contributed by atoms with E-state index in [4.69, 9.17) is 9.47 Å². The van der Waals surface area contributed by atoms with E-state index in [0.717, 1.165) is 13.1 Å². The van der Waals surface area contributed by atoms with Gasteiger partial charge in [-0.1, -0.05) is 0 Å². The highest BCUT2D eigenvalue weighted by atomic mass is 16.5. The van der Waals surface area contributed by atoms with Gasteiger partial charge in [0.15, 0.2) is 0 Å². The average Bonchev–Trinajstić information content (AvgIpc) is 2.54. The largest absolute Gasteiger partial charge is 0.497 e. The Morgan fingerprint density at radius 2 is 2.00 bits per heavy atom. The van der Waals surface area contributed by atoms with Crippen molar-refractivity contribution in [2.75, 3.05) is 32.6 Å². The van der Waals surface area contributed by atoms with Crippen LogP contribution in [0.3, 0.4) is 0 Å². The van der Waals surface area contributed by atoms with E-state index >= 15 is 0 Å². The molecule has 0 aliphatic carbocycles. The molecule has 1 atom stereocenters. The van der Waals surface area contributed by atoms with Gasteiger partial charge in [0, 0.05) is 19.2 Å². The van der Waals surface area contributed by atoms with E-state index < -0.39 is 0 Å². The third-order valence-electron chi connectivity index (χ3n) is 4.09. The SMILES string of the molecule is COc1ccc(OC)c(NC(=O)C(C)N2CCC(O)CC2)c1. The van der Waals surface area contributed by atoms with Crippen LogP contribution in [0.15, 0.2) is 18.2 Å². The molecular weight excluding hydrogens is 284 g/mol. The number of rotatable bonds is 5. The summed E-state index contributed by atoms with van der Waals surface area (Å²) in [5.41, 5.74) is 0.593. The van der Waals surface area contributed by atoms with Crippen LogP contribution in [-0.2, 0) is 4.79 Å². The lowest BCUT2D eigenvalue weighted by molar-refractivity contribution is -0.121. The number of aliphatic hydroxyl groups excluding tert-OH is 1. The maximum atomic E-state index is 12.4. The summed E-state index contributed by atoms with van der Waals surface area (Å²) in [6.07, 6.45) is 1.17. The highest BCUT2D eigenvalue weighted by molar-refractivity contribution is 5.96. The first-order valence-corrected chi connectivity index (χ1v) is 7.50. The van der Waals surface area contributed by atoms with Crippen LogP contribution in [0.2, 0.25) is 0 Å². The lowest BCUT2D eigenvalue weighted by Crippen LogP contribution is -2.47. The van der Waals surface area contributed by atoms with Gasteiger partial charge in [-0.25, -0.2) is 0 Å². The molecule has 6 nitrogen and oxygen atoms in total. The van der Waals surface area contributed by atoms with Gasteiger partial charge in [0.2, 0.25) is 5.91 Å². The number of carbonyl (C=O) groups is 1. The fourth-order valence-electron chi connectivity index (χ4n) is 2.59. The number of methoxy groups -OCH3 is 2. The lowest BCUT2D eigenvalue weighted by atomic mass is 10.1. The van der Waals surface area contributed by atoms with Crippen LogP contribution in [0.25, 0.3) is 0 Å². The van der Waals surface area contributed by atoms with Crippen molar-refractivity contribution in [3.05, 3.63) is 18.2 Å². The molecule has 0 saturated carbocycles. The number of hydrogen-bond donors (Lipinski definition) is 2. The average molecular weight is 308 g/mol. The summed E-state index contributed by atoms with van der Waals surface area (Å²) in [6.45, 7) is 3.33. The fraction of sp³-hybridized carbons (Fsp3) is 0.562. The number of nitrogens with zero attached hydrogens (tertiary/aromatic N) is 1. The van der Waals surface area contributed by atoms with Crippen molar-refractivity contribution in [2.45, 2.75) is 31.9 Å². The van der Waals surface area contributed by atoms with Crippen LogP contribution in [0.4, 0.5) is 5.69 Å². The number of benzene rings is 1. The Hall–Kier alpha value is -1.79. The second-order valence-corrected chi connectivity index (χ2v) is 5.50. The molecule has 2 rings (SSSR count). The molecule has 1 aliphatic rings. The van der Waals surface area contributed by atoms with Crippen molar-refractivity contribution in [1.29, 1.82) is 0 Å². The molecule has 2 N–H and O–H groups in total. The zero-order chi connectivity index (χ0) is 16.1. The summed E-state index contributed by atoms with van der Waals surface area (Å²) in [5.74, 6) is 1.16. The molecule has 22 heavy (non-hydrogen) atoms. The van der Waals surface area contributed by atoms with Crippen LogP contribution >= 0.6 is 0 Å². The van der Waals surface area contributed by atoms with Gasteiger partial charge >= 0.3 is 0 Å². The van der Waals surface area contributed by atoms with Crippen molar-refractivity contribution in [1.82, 2.24) is 4.90 Å². The van der Waals surface area contributed by atoms with E-state index in [1.807, 2.05) is 6.92 Å². The van der Waals surface area contributed by atoms with Crippen LogP contribution in [0.1, 0.15) is 19.8 Å². The summed E-state index contributed by atoms with van der Waals surface area (Å²) in [7, 11) is 3.14. The molecule has 0 bridgehead atoms. The quantitative estimate of drug-likeness (QED) is 0.862. The summed E-state index contributed by atoms with van der Waals surface area (Å²) >= 11 is 0. The molecule has 0 radical (unpaired) electrons. The third kappa shape index (κ3) is 3.90. The number of piperidine rings is 1. The van der Waals surface area contributed by atoms with Gasteiger partial charge in [-0.15, -0.1) is 0 Å². The minimum atomic E-state index is -0.261. The third-order valence-corrected chi connectivity index (χ3v) is 4.09. The van der Waals surface area contributed by atoms with Gasteiger partial charge in [-0.3, -0.25) is 9.69 Å². The van der Waals surface area contributed by atoms with Crippen molar-refractivity contribution < 1.29 is 19.4 Å². The molecule has 1 amide bonds. The normalized spacial score (nSPS) is 17.8. The fourth-order valence-corrected chi connectivity index (χ4v) is 2.59. The standard InChI is InChI=1S/C16H24N2O4/c1-11(18-8-6-12(19)7-9-18)16(20)17-14-10-13(21-2)4-5-15(14)22-3/h4-5,10-12,19H,6-9H2,1-3H3,(H,17,20). The van der Waals surface area contributed by atoms with Gasteiger partial charge < -0.3 is 19.9 Å². The Morgan fingerprint density at radius 1 is 1.32 bits per heavy atom. The first kappa shape index (κ1) is 16.6. The molecule has 1 aromatic rings. The molecule has 122 valence electrons. The first-order chi connectivity index (χ1) is 10.5. The van der Waals surface area contributed by atoms with Crippen LogP contribution in [-0.4, -0.2) is 55.4 Å². The number of amides is 1. The summed E-state index contributed by atoms with van der Waals surface area (Å²) in [5, 5.41) is 12.4. The Balaban J connectivity index is 2.04. The van der Waals surface area contributed by atoms with Gasteiger partial charge in [0.1, 0.15) is 11.5 Å². The molecule has 1 aliphatic heterocycles. The molecule has 1 aromatic carbocycles. The second kappa shape index (κ2) is 7.47. The smallest absolute Gasteiger partial charge is 0.241 e. The van der Waals surface area contributed by atoms with Crippen molar-refractivity contribution in [3.8, 4) is 11.5 Å². The molecule has 1 saturated heterocycles. The highest BCUT2D eigenvalue weighted by Crippen LogP contribution is 2.29. The number of likely N-dealkylation sites (tertiary alicyclic amines) is 1. The summed E-state index contributed by atoms with van der Waals surface area (Å²) < 4.78 is 10.4. The maximum Gasteiger partial charge on any atom is 0.241 e. The van der Waals surface area contributed by atoms with Gasteiger partial charge in [-0.05, 0) is 31.9 Å². The maximum absolute atomic E-state index is 12.4. The Labute approximate surface area is 131 Å². The predicted octanol–water partition coefficient (Wildman–Crippen LogP) is 1.49. The molecule has 0 spiro atoms. The van der Waals surface area contributed by atoms with E-state index in [1.54, 1.807) is 32.4 Å². The van der Waals surface area contributed by atoms with Gasteiger partial charge in [0.25, 0.3) is 0 Å². The zero-order valence-electron chi connectivity index (χ0n) is 13.3. The topological polar surface area (TPSA) is 71.0 Å².